The maximum atomic E-state index is 11.6. The maximum Gasteiger partial charge on any atom is 0.407 e. The molecule has 0 spiro atoms. The summed E-state index contributed by atoms with van der Waals surface area (Å²) in [7, 11) is 0. The van der Waals surface area contributed by atoms with Gasteiger partial charge >= 0.3 is 6.09 Å². The summed E-state index contributed by atoms with van der Waals surface area (Å²) in [6, 6.07) is 9.55. The van der Waals surface area contributed by atoms with Crippen molar-refractivity contribution in [1.82, 2.24) is 5.32 Å². The van der Waals surface area contributed by atoms with Gasteiger partial charge in [0.15, 0.2) is 0 Å². The van der Waals surface area contributed by atoms with Gasteiger partial charge in [0.25, 0.3) is 0 Å². The highest BCUT2D eigenvalue weighted by atomic mass is 16.6. The normalized spacial score (nSPS) is 11.0. The number of carbonyl (C=O) groups is 1. The molecule has 0 radical (unpaired) electrons. The first-order valence-electron chi connectivity index (χ1n) is 13.7. The van der Waals surface area contributed by atoms with Crippen LogP contribution >= 0.6 is 0 Å². The molecule has 0 atom stereocenters. The van der Waals surface area contributed by atoms with Crippen LogP contribution in [0.5, 0.6) is 0 Å². The van der Waals surface area contributed by atoms with Crippen molar-refractivity contribution in [2.45, 2.75) is 64.9 Å². The summed E-state index contributed by atoms with van der Waals surface area (Å²) in [5, 5.41) is 2.65. The van der Waals surface area contributed by atoms with Crippen LogP contribution in [-0.2, 0) is 35.0 Å². The van der Waals surface area contributed by atoms with Crippen molar-refractivity contribution in [2.24, 2.45) is 0 Å². The molecule has 0 aliphatic rings. The summed E-state index contributed by atoms with van der Waals surface area (Å²) in [4.78, 5) is 11.6. The van der Waals surface area contributed by atoms with Crippen LogP contribution < -0.4 is 5.32 Å². The summed E-state index contributed by atoms with van der Waals surface area (Å²) in [5.41, 5.74) is 0.951. The van der Waals surface area contributed by atoms with Crippen molar-refractivity contribution < 1.29 is 33.2 Å². The van der Waals surface area contributed by atoms with Gasteiger partial charge in [-0.25, -0.2) is 4.79 Å². The number of hydrogen-bond donors (Lipinski definition) is 1. The van der Waals surface area contributed by atoms with Gasteiger partial charge in [-0.1, -0.05) is 82.2 Å². The highest BCUT2D eigenvalue weighted by Gasteiger charge is 2.01. The second-order valence-electron chi connectivity index (χ2n) is 8.53. The lowest BCUT2D eigenvalue weighted by molar-refractivity contribution is -0.0110. The van der Waals surface area contributed by atoms with E-state index in [1.54, 1.807) is 0 Å². The van der Waals surface area contributed by atoms with Gasteiger partial charge in [-0.15, -0.1) is 0 Å². The van der Waals surface area contributed by atoms with Gasteiger partial charge in [0.2, 0.25) is 0 Å². The number of benzene rings is 1. The smallest absolute Gasteiger partial charge is 0.407 e. The third kappa shape index (κ3) is 22.7. The summed E-state index contributed by atoms with van der Waals surface area (Å²) in [6.45, 7) is 8.45. The standard InChI is InChI=1S/C28H49NO7/c1-2-3-4-5-6-7-8-12-16-31-18-20-33-22-24-35-25-23-34-21-19-32-17-15-29-28(30)36-26-27-13-10-9-11-14-27/h9-11,13-14H,2-8,12,15-26H2,1H3,(H,29,30). The Morgan fingerprint density at radius 3 is 1.64 bits per heavy atom. The molecule has 8 heteroatoms. The Morgan fingerprint density at radius 2 is 1.08 bits per heavy atom. The molecule has 0 fully saturated rings. The number of rotatable bonds is 26. The van der Waals surface area contributed by atoms with E-state index in [-0.39, 0.29) is 6.61 Å². The number of ether oxygens (including phenoxy) is 6. The fourth-order valence-corrected chi connectivity index (χ4v) is 3.32. The topological polar surface area (TPSA) is 84.5 Å². The molecule has 0 unspecified atom stereocenters. The van der Waals surface area contributed by atoms with E-state index in [1.807, 2.05) is 30.3 Å². The van der Waals surface area contributed by atoms with E-state index in [9.17, 15) is 4.79 Å². The zero-order valence-electron chi connectivity index (χ0n) is 22.4. The number of carbonyl (C=O) groups excluding carboxylic acids is 1. The lowest BCUT2D eigenvalue weighted by Crippen LogP contribution is -2.28. The minimum absolute atomic E-state index is 0.253. The molecule has 0 saturated heterocycles. The van der Waals surface area contributed by atoms with Gasteiger partial charge in [0.1, 0.15) is 6.61 Å². The Hall–Kier alpha value is -1.71. The third-order valence-corrected chi connectivity index (χ3v) is 5.36. The van der Waals surface area contributed by atoms with Crippen LogP contribution in [0, 0.1) is 0 Å². The molecule has 0 aliphatic heterocycles. The summed E-state index contributed by atoms with van der Waals surface area (Å²) in [6.07, 6.45) is 10.1. The first-order valence-corrected chi connectivity index (χ1v) is 13.7. The Bertz CT molecular complexity index is 589. The van der Waals surface area contributed by atoms with Crippen molar-refractivity contribution in [3.8, 4) is 0 Å². The number of unbranched alkanes of at least 4 members (excludes halogenated alkanes) is 7. The Balaban J connectivity index is 1.68. The predicted octanol–water partition coefficient (Wildman–Crippen LogP) is 5.14. The van der Waals surface area contributed by atoms with Crippen molar-refractivity contribution in [1.29, 1.82) is 0 Å². The van der Waals surface area contributed by atoms with Crippen molar-refractivity contribution in [2.75, 3.05) is 72.6 Å². The van der Waals surface area contributed by atoms with Crippen LogP contribution in [0.4, 0.5) is 4.79 Å². The van der Waals surface area contributed by atoms with Gasteiger partial charge in [-0.2, -0.15) is 0 Å². The minimum Gasteiger partial charge on any atom is -0.445 e. The lowest BCUT2D eigenvalue weighted by atomic mass is 10.1. The van der Waals surface area contributed by atoms with Gasteiger partial charge < -0.3 is 33.7 Å². The van der Waals surface area contributed by atoms with E-state index in [1.165, 1.54) is 44.9 Å². The summed E-state index contributed by atoms with van der Waals surface area (Å²) < 4.78 is 32.6. The van der Waals surface area contributed by atoms with Crippen molar-refractivity contribution in [3.63, 3.8) is 0 Å². The number of hydrogen-bond acceptors (Lipinski definition) is 7. The fourth-order valence-electron chi connectivity index (χ4n) is 3.32. The van der Waals surface area contributed by atoms with Gasteiger partial charge in [-0.05, 0) is 12.0 Å². The second kappa shape index (κ2) is 26.4. The van der Waals surface area contributed by atoms with Crippen LogP contribution in [0.15, 0.2) is 30.3 Å². The highest BCUT2D eigenvalue weighted by Crippen LogP contribution is 2.08. The van der Waals surface area contributed by atoms with E-state index in [0.717, 1.165) is 18.6 Å². The van der Waals surface area contributed by atoms with E-state index < -0.39 is 6.09 Å². The monoisotopic (exact) mass is 511 g/mol. The first kappa shape index (κ1) is 32.3. The molecule has 1 rings (SSSR count). The van der Waals surface area contributed by atoms with E-state index >= 15 is 0 Å². The van der Waals surface area contributed by atoms with E-state index in [4.69, 9.17) is 28.4 Å². The molecule has 1 amide bonds. The number of amides is 1. The zero-order valence-corrected chi connectivity index (χ0v) is 22.4. The molecule has 0 bridgehead atoms. The molecule has 0 aromatic heterocycles. The van der Waals surface area contributed by atoms with Crippen molar-refractivity contribution >= 4 is 6.09 Å². The van der Waals surface area contributed by atoms with Gasteiger partial charge in [0.05, 0.1) is 59.5 Å². The maximum absolute atomic E-state index is 11.6. The SMILES string of the molecule is CCCCCCCCCCOCCOCCOCCOCCOCCNC(=O)OCc1ccccc1. The van der Waals surface area contributed by atoms with Crippen LogP contribution in [-0.4, -0.2) is 78.7 Å². The molecule has 36 heavy (non-hydrogen) atoms. The van der Waals surface area contributed by atoms with E-state index in [0.29, 0.717) is 66.0 Å². The molecule has 0 aliphatic carbocycles. The summed E-state index contributed by atoms with van der Waals surface area (Å²) >= 11 is 0. The van der Waals surface area contributed by atoms with Gasteiger partial charge in [0, 0.05) is 13.2 Å². The number of nitrogens with one attached hydrogen (secondary N) is 1. The van der Waals surface area contributed by atoms with Crippen LogP contribution in [0.2, 0.25) is 0 Å². The first-order chi connectivity index (χ1) is 17.8. The number of alkyl carbamates (subject to hydrolysis) is 1. The average Bonchev–Trinajstić information content (AvgIpc) is 2.90. The summed E-state index contributed by atoms with van der Waals surface area (Å²) in [5.74, 6) is 0. The van der Waals surface area contributed by atoms with Gasteiger partial charge in [-0.3, -0.25) is 0 Å². The second-order valence-corrected chi connectivity index (χ2v) is 8.53. The molecule has 1 N–H and O–H groups in total. The molecule has 8 nitrogen and oxygen atoms in total. The lowest BCUT2D eigenvalue weighted by Gasteiger charge is -2.09. The molecule has 208 valence electrons. The quantitative estimate of drug-likeness (QED) is 0.173. The third-order valence-electron chi connectivity index (χ3n) is 5.36. The largest absolute Gasteiger partial charge is 0.445 e. The predicted molar refractivity (Wildman–Crippen MR) is 141 cm³/mol. The van der Waals surface area contributed by atoms with E-state index in [2.05, 4.69) is 12.2 Å². The Kier molecular flexibility index (Phi) is 23.7. The Labute approximate surface area is 218 Å². The molecule has 1 aromatic rings. The molecule has 0 heterocycles. The molecule has 0 saturated carbocycles. The zero-order chi connectivity index (χ0) is 25.8. The van der Waals surface area contributed by atoms with Crippen molar-refractivity contribution in [3.05, 3.63) is 35.9 Å². The van der Waals surface area contributed by atoms with Crippen LogP contribution in [0.1, 0.15) is 63.9 Å². The fraction of sp³-hybridized carbons (Fsp3) is 0.750. The Morgan fingerprint density at radius 1 is 0.611 bits per heavy atom. The highest BCUT2D eigenvalue weighted by molar-refractivity contribution is 5.67. The average molecular weight is 512 g/mol. The molecule has 1 aromatic carbocycles. The molecular formula is C28H49NO7. The minimum atomic E-state index is -0.453. The van der Waals surface area contributed by atoms with Crippen LogP contribution in [0.25, 0.3) is 0 Å². The van der Waals surface area contributed by atoms with Crippen LogP contribution in [0.3, 0.4) is 0 Å². The molecular weight excluding hydrogens is 462 g/mol.